The lowest BCUT2D eigenvalue weighted by atomic mass is 9.94. The number of nitrogens with zero attached hydrogens (tertiary/aromatic N) is 1. The maximum Gasteiger partial charge on any atom is 0.191 e. The number of hydrogen-bond donors (Lipinski definition) is 2. The van der Waals surface area contributed by atoms with E-state index in [1.807, 2.05) is 12.1 Å². The summed E-state index contributed by atoms with van der Waals surface area (Å²) in [5.74, 6) is 0.817. The standard InChI is InChI=1S/C19H29Cl2N3O2.HI/c1-3-22-18(24-14-19(25-2)8-11-26-12-9-19)23-10-4-5-15-6-7-16(20)13-17(15)21;/h6-7,13H,3-5,8-12,14H2,1-2H3,(H2,22,23,24);1H. The zero-order valence-electron chi connectivity index (χ0n) is 16.0. The first-order valence-electron chi connectivity index (χ1n) is 9.17. The van der Waals surface area contributed by atoms with Crippen LogP contribution in [0.3, 0.4) is 0 Å². The highest BCUT2D eigenvalue weighted by Crippen LogP contribution is 2.25. The number of aliphatic imine (C=N–C) groups is 1. The van der Waals surface area contributed by atoms with E-state index in [1.165, 1.54) is 0 Å². The molecule has 27 heavy (non-hydrogen) atoms. The number of hydrogen-bond acceptors (Lipinski definition) is 3. The van der Waals surface area contributed by atoms with Gasteiger partial charge in [0.1, 0.15) is 0 Å². The zero-order valence-corrected chi connectivity index (χ0v) is 19.9. The Bertz CT molecular complexity index is 596. The first-order valence-corrected chi connectivity index (χ1v) is 9.93. The number of guanidine groups is 1. The monoisotopic (exact) mass is 529 g/mol. The molecule has 0 aromatic heterocycles. The fourth-order valence-corrected chi connectivity index (χ4v) is 3.45. The number of methoxy groups -OCH3 is 1. The molecule has 8 heteroatoms. The van der Waals surface area contributed by atoms with Crippen LogP contribution in [0.25, 0.3) is 0 Å². The molecule has 1 saturated heterocycles. The molecule has 1 heterocycles. The molecule has 2 rings (SSSR count). The van der Waals surface area contributed by atoms with Crippen molar-refractivity contribution >= 4 is 53.1 Å². The summed E-state index contributed by atoms with van der Waals surface area (Å²) in [7, 11) is 1.76. The van der Waals surface area contributed by atoms with Gasteiger partial charge in [0.05, 0.1) is 12.1 Å². The molecule has 1 aliphatic heterocycles. The number of benzene rings is 1. The molecule has 1 fully saturated rings. The molecule has 1 aliphatic rings. The molecule has 1 aromatic rings. The summed E-state index contributed by atoms with van der Waals surface area (Å²) in [4.78, 5) is 4.72. The van der Waals surface area contributed by atoms with Gasteiger partial charge in [0.2, 0.25) is 0 Å². The van der Waals surface area contributed by atoms with Gasteiger partial charge in [0.15, 0.2) is 5.96 Å². The molecule has 0 atom stereocenters. The zero-order chi connectivity index (χ0) is 18.8. The second kappa shape index (κ2) is 13.0. The van der Waals surface area contributed by atoms with Crippen LogP contribution in [-0.2, 0) is 15.9 Å². The van der Waals surface area contributed by atoms with Gasteiger partial charge < -0.3 is 20.1 Å². The second-order valence-corrected chi connectivity index (χ2v) is 7.30. The van der Waals surface area contributed by atoms with Crippen LogP contribution >= 0.6 is 47.2 Å². The Labute approximate surface area is 189 Å². The van der Waals surface area contributed by atoms with E-state index >= 15 is 0 Å². The lowest BCUT2D eigenvalue weighted by Crippen LogP contribution is -2.44. The average molecular weight is 530 g/mol. The van der Waals surface area contributed by atoms with Crippen LogP contribution in [0.4, 0.5) is 0 Å². The molecule has 5 nitrogen and oxygen atoms in total. The molecular formula is C19H30Cl2IN3O2. The van der Waals surface area contributed by atoms with Crippen LogP contribution in [0.5, 0.6) is 0 Å². The maximum atomic E-state index is 6.22. The van der Waals surface area contributed by atoms with E-state index in [0.29, 0.717) is 11.6 Å². The lowest BCUT2D eigenvalue weighted by molar-refractivity contribution is -0.0828. The molecule has 0 saturated carbocycles. The molecule has 0 radical (unpaired) electrons. The van der Waals surface area contributed by atoms with E-state index in [9.17, 15) is 0 Å². The third-order valence-electron chi connectivity index (χ3n) is 4.64. The number of nitrogens with one attached hydrogen (secondary N) is 2. The Hall–Kier alpha value is -0.280. The largest absolute Gasteiger partial charge is 0.381 e. The Kier molecular flexibility index (Phi) is 12.0. The predicted molar refractivity (Wildman–Crippen MR) is 124 cm³/mol. The summed E-state index contributed by atoms with van der Waals surface area (Å²) in [6, 6.07) is 5.65. The fourth-order valence-electron chi connectivity index (χ4n) is 2.95. The highest BCUT2D eigenvalue weighted by molar-refractivity contribution is 14.0. The van der Waals surface area contributed by atoms with Crippen LogP contribution in [0.2, 0.25) is 10.0 Å². The minimum Gasteiger partial charge on any atom is -0.381 e. The molecule has 0 spiro atoms. The Morgan fingerprint density at radius 3 is 2.63 bits per heavy atom. The Balaban J connectivity index is 0.00000364. The van der Waals surface area contributed by atoms with Crippen molar-refractivity contribution in [3.05, 3.63) is 33.8 Å². The molecule has 0 unspecified atom stereocenters. The van der Waals surface area contributed by atoms with E-state index in [0.717, 1.165) is 68.5 Å². The summed E-state index contributed by atoms with van der Waals surface area (Å²) in [6.07, 6.45) is 3.60. The van der Waals surface area contributed by atoms with Gasteiger partial charge in [-0.15, -0.1) is 24.0 Å². The Morgan fingerprint density at radius 2 is 2.00 bits per heavy atom. The van der Waals surface area contributed by atoms with Crippen LogP contribution in [0.15, 0.2) is 23.2 Å². The molecule has 2 N–H and O–H groups in total. The molecule has 1 aromatic carbocycles. The van der Waals surface area contributed by atoms with E-state index in [4.69, 9.17) is 37.7 Å². The highest BCUT2D eigenvalue weighted by Gasteiger charge is 2.32. The third kappa shape index (κ3) is 8.31. The first-order chi connectivity index (χ1) is 12.6. The van der Waals surface area contributed by atoms with Crippen LogP contribution in [0, 0.1) is 0 Å². The van der Waals surface area contributed by atoms with Crippen molar-refractivity contribution in [2.45, 2.75) is 38.2 Å². The molecule has 154 valence electrons. The first kappa shape index (κ1) is 24.8. The molecule has 0 bridgehead atoms. The summed E-state index contributed by atoms with van der Waals surface area (Å²) in [5.41, 5.74) is 0.901. The van der Waals surface area contributed by atoms with Gasteiger partial charge in [-0.3, -0.25) is 4.99 Å². The van der Waals surface area contributed by atoms with Crippen LogP contribution < -0.4 is 10.6 Å². The van der Waals surface area contributed by atoms with Gasteiger partial charge in [-0.2, -0.15) is 0 Å². The van der Waals surface area contributed by atoms with Gasteiger partial charge in [-0.05, 0) is 37.5 Å². The van der Waals surface area contributed by atoms with Crippen molar-refractivity contribution < 1.29 is 9.47 Å². The molecule has 0 aliphatic carbocycles. The second-order valence-electron chi connectivity index (χ2n) is 6.46. The van der Waals surface area contributed by atoms with Crippen molar-refractivity contribution in [3.8, 4) is 0 Å². The van der Waals surface area contributed by atoms with E-state index < -0.39 is 0 Å². The Morgan fingerprint density at radius 1 is 1.26 bits per heavy atom. The number of aryl methyl sites for hydroxylation is 1. The summed E-state index contributed by atoms with van der Waals surface area (Å²) in [5, 5.41) is 8.06. The summed E-state index contributed by atoms with van der Waals surface area (Å²) >= 11 is 12.2. The molecule has 0 amide bonds. The highest BCUT2D eigenvalue weighted by atomic mass is 127. The van der Waals surface area contributed by atoms with Crippen LogP contribution in [0.1, 0.15) is 31.7 Å². The van der Waals surface area contributed by atoms with Gasteiger partial charge in [0, 0.05) is 56.3 Å². The van der Waals surface area contributed by atoms with Crippen molar-refractivity contribution in [2.75, 3.05) is 40.0 Å². The predicted octanol–water partition coefficient (Wildman–Crippen LogP) is 4.29. The summed E-state index contributed by atoms with van der Waals surface area (Å²) < 4.78 is 11.2. The van der Waals surface area contributed by atoms with E-state index in [1.54, 1.807) is 13.2 Å². The topological polar surface area (TPSA) is 54.9 Å². The van der Waals surface area contributed by atoms with E-state index in [2.05, 4.69) is 17.6 Å². The fraction of sp³-hybridized carbons (Fsp3) is 0.632. The number of halogens is 3. The maximum absolute atomic E-state index is 6.22. The van der Waals surface area contributed by atoms with Gasteiger partial charge >= 0.3 is 0 Å². The number of ether oxygens (including phenoxy) is 2. The van der Waals surface area contributed by atoms with Crippen molar-refractivity contribution in [1.82, 2.24) is 10.6 Å². The van der Waals surface area contributed by atoms with Crippen molar-refractivity contribution in [2.24, 2.45) is 4.99 Å². The summed E-state index contributed by atoms with van der Waals surface area (Å²) in [6.45, 7) is 5.78. The van der Waals surface area contributed by atoms with Gasteiger partial charge in [-0.25, -0.2) is 0 Å². The average Bonchev–Trinajstić information content (AvgIpc) is 2.65. The normalized spacial score (nSPS) is 16.5. The van der Waals surface area contributed by atoms with Gasteiger partial charge in [-0.1, -0.05) is 29.3 Å². The SMILES string of the molecule is CCNC(=NCC1(OC)CCOCC1)NCCCc1ccc(Cl)cc1Cl.I. The van der Waals surface area contributed by atoms with Crippen molar-refractivity contribution in [1.29, 1.82) is 0 Å². The molecular weight excluding hydrogens is 500 g/mol. The van der Waals surface area contributed by atoms with Crippen molar-refractivity contribution in [3.63, 3.8) is 0 Å². The third-order valence-corrected chi connectivity index (χ3v) is 5.22. The van der Waals surface area contributed by atoms with E-state index in [-0.39, 0.29) is 29.6 Å². The quantitative estimate of drug-likeness (QED) is 0.228. The lowest BCUT2D eigenvalue weighted by Gasteiger charge is -2.34. The minimum absolute atomic E-state index is 0. The van der Waals surface area contributed by atoms with Crippen LogP contribution in [-0.4, -0.2) is 51.5 Å². The van der Waals surface area contributed by atoms with Gasteiger partial charge in [0.25, 0.3) is 0 Å². The smallest absolute Gasteiger partial charge is 0.191 e. The number of rotatable bonds is 8. The minimum atomic E-state index is -0.211.